The number of halogens is 2. The first kappa shape index (κ1) is 34.0. The summed E-state index contributed by atoms with van der Waals surface area (Å²) >= 11 is 12.7. The second-order valence-corrected chi connectivity index (χ2v) is 15.3. The SMILES string of the molecule is CCN1/C(=C\C=C\c2oc3ccc(-n4ccc5ccccc54)cc3[n+]2CCCS(=O)(=O)O)N(CCCS(=O)(=O)O)c2cc(Cl)c(Cl)cc21. The van der Waals surface area contributed by atoms with Crippen molar-refractivity contribution < 1.29 is 34.9 Å². The molecular weight excluding hydrogens is 699 g/mol. The molecule has 0 saturated carbocycles. The van der Waals surface area contributed by atoms with E-state index in [1.807, 2.05) is 82.1 Å². The molecule has 252 valence electrons. The number of nitrogens with zero attached hydrogens (tertiary/aromatic N) is 4. The molecule has 2 aromatic heterocycles. The maximum atomic E-state index is 11.5. The van der Waals surface area contributed by atoms with Crippen molar-refractivity contribution in [2.75, 3.05) is 34.4 Å². The molecule has 3 heterocycles. The summed E-state index contributed by atoms with van der Waals surface area (Å²) in [5, 5.41) is 1.82. The van der Waals surface area contributed by atoms with Crippen molar-refractivity contribution in [2.45, 2.75) is 26.3 Å². The van der Waals surface area contributed by atoms with Gasteiger partial charge in [-0.25, -0.2) is 0 Å². The van der Waals surface area contributed by atoms with Crippen molar-refractivity contribution >= 4 is 82.9 Å². The monoisotopic (exact) mass is 731 g/mol. The van der Waals surface area contributed by atoms with E-state index in [4.69, 9.17) is 27.6 Å². The summed E-state index contributed by atoms with van der Waals surface area (Å²) in [7, 11) is -8.31. The van der Waals surface area contributed by atoms with Gasteiger partial charge in [0, 0.05) is 31.8 Å². The topological polar surface area (TPSA) is 137 Å². The van der Waals surface area contributed by atoms with E-state index in [1.54, 1.807) is 24.3 Å². The lowest BCUT2D eigenvalue weighted by Crippen LogP contribution is -2.36. The zero-order valence-electron chi connectivity index (χ0n) is 25.8. The number of aromatic nitrogens is 2. The van der Waals surface area contributed by atoms with Crippen LogP contribution in [0.5, 0.6) is 0 Å². The van der Waals surface area contributed by atoms with E-state index in [2.05, 4.69) is 4.57 Å². The largest absolute Gasteiger partial charge is 0.398 e. The van der Waals surface area contributed by atoms with Crippen LogP contribution in [-0.4, -0.2) is 55.1 Å². The molecule has 0 radical (unpaired) electrons. The van der Waals surface area contributed by atoms with Crippen LogP contribution in [0.4, 0.5) is 11.4 Å². The third kappa shape index (κ3) is 7.26. The van der Waals surface area contributed by atoms with Crippen molar-refractivity contribution in [3.8, 4) is 5.69 Å². The van der Waals surface area contributed by atoms with Gasteiger partial charge >= 0.3 is 5.89 Å². The Labute approximate surface area is 288 Å². The van der Waals surface area contributed by atoms with Crippen LogP contribution >= 0.6 is 23.2 Å². The van der Waals surface area contributed by atoms with Gasteiger partial charge in [-0.2, -0.15) is 21.4 Å². The predicted octanol–water partition coefficient (Wildman–Crippen LogP) is 6.73. The van der Waals surface area contributed by atoms with Gasteiger partial charge in [-0.3, -0.25) is 9.11 Å². The molecule has 1 aliphatic rings. The lowest BCUT2D eigenvalue weighted by Gasteiger charge is -2.24. The summed E-state index contributed by atoms with van der Waals surface area (Å²) < 4.78 is 74.9. The molecule has 0 unspecified atom stereocenters. The van der Waals surface area contributed by atoms with Crippen LogP contribution in [-0.2, 0) is 26.8 Å². The fourth-order valence-electron chi connectivity index (χ4n) is 6.03. The number of anilines is 2. The molecular formula is C33H33Cl2N4O7S2+. The first-order valence-corrected chi connectivity index (χ1v) is 19.2. The van der Waals surface area contributed by atoms with E-state index in [1.165, 1.54) is 0 Å². The summed E-state index contributed by atoms with van der Waals surface area (Å²) in [5.74, 6) is 0.371. The van der Waals surface area contributed by atoms with E-state index in [9.17, 15) is 25.9 Å². The number of para-hydroxylation sites is 1. The second-order valence-electron chi connectivity index (χ2n) is 11.3. The van der Waals surface area contributed by atoms with Crippen molar-refractivity contribution in [2.24, 2.45) is 0 Å². The Morgan fingerprint density at radius 3 is 2.27 bits per heavy atom. The third-order valence-corrected chi connectivity index (χ3v) is 10.4. The number of hydrogen-bond acceptors (Lipinski definition) is 7. The van der Waals surface area contributed by atoms with Gasteiger partial charge in [-0.15, -0.1) is 0 Å². The van der Waals surface area contributed by atoms with E-state index in [-0.39, 0.29) is 25.9 Å². The minimum absolute atomic E-state index is 0.152. The van der Waals surface area contributed by atoms with Crippen molar-refractivity contribution in [1.82, 2.24) is 4.57 Å². The van der Waals surface area contributed by atoms with Gasteiger partial charge in [0.1, 0.15) is 5.82 Å². The van der Waals surface area contributed by atoms with Gasteiger partial charge in [0.25, 0.3) is 25.8 Å². The molecule has 5 aromatic rings. The minimum Gasteiger partial charge on any atom is -0.398 e. The number of rotatable bonds is 12. The highest BCUT2D eigenvalue weighted by atomic mass is 35.5. The number of hydrogen-bond donors (Lipinski definition) is 2. The Bertz CT molecular complexity index is 2300. The maximum Gasteiger partial charge on any atom is 0.374 e. The molecule has 0 fully saturated rings. The molecule has 48 heavy (non-hydrogen) atoms. The van der Waals surface area contributed by atoms with Gasteiger partial charge < -0.3 is 18.8 Å². The van der Waals surface area contributed by atoms with E-state index in [0.29, 0.717) is 28.1 Å². The summed E-state index contributed by atoms with van der Waals surface area (Å²) in [4.78, 5) is 3.94. The fraction of sp³-hybridized carbons (Fsp3) is 0.242. The molecule has 0 saturated heterocycles. The Balaban J connectivity index is 1.39. The molecule has 3 aromatic carbocycles. The van der Waals surface area contributed by atoms with E-state index < -0.39 is 31.7 Å². The number of benzene rings is 3. The summed E-state index contributed by atoms with van der Waals surface area (Å²) in [5.41, 5.74) is 4.81. The van der Waals surface area contributed by atoms with Crippen molar-refractivity contribution in [1.29, 1.82) is 0 Å². The normalized spacial score (nSPS) is 14.7. The number of fused-ring (bicyclic) bond motifs is 3. The number of aryl methyl sites for hydroxylation is 1. The van der Waals surface area contributed by atoms with E-state index in [0.717, 1.165) is 39.3 Å². The quantitative estimate of drug-likeness (QED) is 0.106. The van der Waals surface area contributed by atoms with Crippen LogP contribution in [0.3, 0.4) is 0 Å². The summed E-state index contributed by atoms with van der Waals surface area (Å²) in [6.45, 7) is 3.07. The zero-order chi connectivity index (χ0) is 34.2. The lowest BCUT2D eigenvalue weighted by atomic mass is 10.2. The summed E-state index contributed by atoms with van der Waals surface area (Å²) in [6.07, 6.45) is 7.71. The Morgan fingerprint density at radius 1 is 0.875 bits per heavy atom. The molecule has 0 bridgehead atoms. The first-order valence-electron chi connectivity index (χ1n) is 15.2. The minimum atomic E-state index is -4.16. The van der Waals surface area contributed by atoms with Crippen LogP contribution < -0.4 is 14.4 Å². The molecule has 0 aliphatic carbocycles. The highest BCUT2D eigenvalue weighted by Gasteiger charge is 2.31. The van der Waals surface area contributed by atoms with Gasteiger partial charge in [-0.05, 0) is 67.3 Å². The van der Waals surface area contributed by atoms with Crippen LogP contribution in [0.25, 0.3) is 33.8 Å². The van der Waals surface area contributed by atoms with Crippen LogP contribution in [0.1, 0.15) is 25.7 Å². The van der Waals surface area contributed by atoms with Crippen LogP contribution in [0, 0.1) is 0 Å². The lowest BCUT2D eigenvalue weighted by molar-refractivity contribution is -0.677. The van der Waals surface area contributed by atoms with Crippen molar-refractivity contribution in [3.63, 3.8) is 0 Å². The molecule has 1 aliphatic heterocycles. The highest BCUT2D eigenvalue weighted by Crippen LogP contribution is 2.45. The van der Waals surface area contributed by atoms with Gasteiger partial charge in [0.05, 0.1) is 50.2 Å². The average molecular weight is 733 g/mol. The third-order valence-electron chi connectivity index (χ3n) is 8.11. The maximum absolute atomic E-state index is 11.5. The first-order chi connectivity index (χ1) is 22.8. The van der Waals surface area contributed by atoms with Gasteiger partial charge in [0.2, 0.25) is 5.58 Å². The summed E-state index contributed by atoms with van der Waals surface area (Å²) in [6, 6.07) is 19.3. The Hall–Kier alpha value is -3.85. The zero-order valence-corrected chi connectivity index (χ0v) is 29.0. The molecule has 0 atom stereocenters. The standard InChI is InChI=1S/C33H32Cl2N4O7S2/c1-2-36-28-21-25(34)26(35)22-29(28)38(15-6-18-47(40,41)42)32(36)10-5-11-33-39(16-7-19-48(43,44)45)30-20-24(12-13-31(30)46-33)37-17-14-23-8-3-4-9-27(23)37/h3-5,8-14,17,20-22H,2,6-7,15-16,18-19H2,1H3,(H-,40,41,42,43,44,45)/p+1. The molecule has 15 heteroatoms. The van der Waals surface area contributed by atoms with Crippen LogP contribution in [0.2, 0.25) is 10.0 Å². The van der Waals surface area contributed by atoms with Crippen molar-refractivity contribution in [3.05, 3.63) is 101 Å². The Kier molecular flexibility index (Phi) is 9.62. The van der Waals surface area contributed by atoms with Gasteiger partial charge in [0.15, 0.2) is 6.54 Å². The predicted molar refractivity (Wildman–Crippen MR) is 189 cm³/mol. The molecule has 0 amide bonds. The van der Waals surface area contributed by atoms with Crippen LogP contribution in [0.15, 0.2) is 89.3 Å². The second kappa shape index (κ2) is 13.6. The molecule has 6 rings (SSSR count). The fourth-order valence-corrected chi connectivity index (χ4v) is 7.33. The highest BCUT2D eigenvalue weighted by molar-refractivity contribution is 7.86. The number of allylic oxidation sites excluding steroid dienone is 2. The Morgan fingerprint density at radius 2 is 1.56 bits per heavy atom. The smallest absolute Gasteiger partial charge is 0.374 e. The van der Waals surface area contributed by atoms with Gasteiger partial charge in [-0.1, -0.05) is 41.4 Å². The van der Waals surface area contributed by atoms with E-state index >= 15 is 0 Å². The molecule has 2 N–H and O–H groups in total. The number of oxazole rings is 1. The average Bonchev–Trinajstić information content (AvgIpc) is 3.68. The molecule has 0 spiro atoms. The molecule has 11 nitrogen and oxygen atoms in total.